The molecular weight excluding hydrogens is 188 g/mol. The van der Waals surface area contributed by atoms with Gasteiger partial charge in [-0.25, -0.2) is 0 Å². The van der Waals surface area contributed by atoms with Crippen LogP contribution in [-0.4, -0.2) is 10.9 Å². The van der Waals surface area contributed by atoms with Crippen molar-refractivity contribution in [2.45, 2.75) is 27.2 Å². The molecule has 0 atom stereocenters. The van der Waals surface area contributed by atoms with Gasteiger partial charge in [-0.1, -0.05) is 25.6 Å². The van der Waals surface area contributed by atoms with Crippen LogP contribution in [0.15, 0.2) is 18.7 Å². The normalized spacial score (nSPS) is 10.1. The molecule has 0 aliphatic carbocycles. The average molecular weight is 204 g/mol. The van der Waals surface area contributed by atoms with Gasteiger partial charge in [0, 0.05) is 23.1 Å². The third-order valence-corrected chi connectivity index (χ3v) is 2.51. The van der Waals surface area contributed by atoms with Crippen LogP contribution in [0.25, 0.3) is 5.57 Å². The van der Waals surface area contributed by atoms with Gasteiger partial charge in [-0.05, 0) is 19.4 Å². The van der Waals surface area contributed by atoms with Crippen LogP contribution >= 0.6 is 0 Å². The maximum atomic E-state index is 11.5. The topological polar surface area (TPSA) is 37.3 Å². The highest BCUT2D eigenvalue weighted by Gasteiger charge is 2.13. The maximum Gasteiger partial charge on any atom is 0.163 e. The van der Waals surface area contributed by atoms with Crippen molar-refractivity contribution in [2.24, 2.45) is 0 Å². The van der Waals surface area contributed by atoms with E-state index in [1.807, 2.05) is 13.8 Å². The predicted molar refractivity (Wildman–Crippen MR) is 62.2 cm³/mol. The number of ketones is 1. The van der Waals surface area contributed by atoms with Crippen molar-refractivity contribution in [1.82, 2.24) is 0 Å². The molecule has 1 rings (SSSR count). The minimum atomic E-state index is 0.0519. The highest BCUT2D eigenvalue weighted by atomic mass is 16.3. The van der Waals surface area contributed by atoms with Crippen LogP contribution in [-0.2, 0) is 0 Å². The summed E-state index contributed by atoms with van der Waals surface area (Å²) in [5.74, 6) is 0.220. The van der Waals surface area contributed by atoms with Crippen LogP contribution in [0.4, 0.5) is 0 Å². The second-order valence-corrected chi connectivity index (χ2v) is 3.69. The molecule has 15 heavy (non-hydrogen) atoms. The van der Waals surface area contributed by atoms with Gasteiger partial charge < -0.3 is 5.11 Å². The first kappa shape index (κ1) is 11.5. The fourth-order valence-corrected chi connectivity index (χ4v) is 1.54. The molecule has 2 heteroatoms. The van der Waals surface area contributed by atoms with Crippen molar-refractivity contribution in [2.75, 3.05) is 0 Å². The highest BCUT2D eigenvalue weighted by Crippen LogP contribution is 2.30. The van der Waals surface area contributed by atoms with E-state index in [9.17, 15) is 9.90 Å². The summed E-state index contributed by atoms with van der Waals surface area (Å²) in [6.45, 7) is 9.17. The van der Waals surface area contributed by atoms with Crippen molar-refractivity contribution >= 4 is 11.4 Å². The lowest BCUT2D eigenvalue weighted by molar-refractivity contribution is 0.0987. The zero-order valence-corrected chi connectivity index (χ0v) is 9.42. The Kier molecular flexibility index (Phi) is 3.30. The number of rotatable bonds is 3. The number of phenols is 1. The van der Waals surface area contributed by atoms with Gasteiger partial charge in [-0.15, -0.1) is 0 Å². The summed E-state index contributed by atoms with van der Waals surface area (Å²) in [6, 6.07) is 3.50. The van der Waals surface area contributed by atoms with Gasteiger partial charge in [0.25, 0.3) is 0 Å². The molecule has 1 aromatic rings. The minimum Gasteiger partial charge on any atom is -0.507 e. The van der Waals surface area contributed by atoms with E-state index in [0.29, 0.717) is 23.1 Å². The Bertz CT molecular complexity index is 417. The number of hydrogen-bond donors (Lipinski definition) is 1. The Balaban J connectivity index is 3.33. The summed E-state index contributed by atoms with van der Waals surface area (Å²) in [5, 5.41) is 9.88. The van der Waals surface area contributed by atoms with Crippen LogP contribution in [0.5, 0.6) is 5.75 Å². The third-order valence-electron chi connectivity index (χ3n) is 2.51. The Hall–Kier alpha value is -1.57. The lowest BCUT2D eigenvalue weighted by Gasteiger charge is -2.10. The summed E-state index contributed by atoms with van der Waals surface area (Å²) >= 11 is 0. The molecule has 0 bridgehead atoms. The van der Waals surface area contributed by atoms with Crippen molar-refractivity contribution in [3.63, 3.8) is 0 Å². The van der Waals surface area contributed by atoms with E-state index in [2.05, 4.69) is 6.58 Å². The molecule has 2 nitrogen and oxygen atoms in total. The lowest BCUT2D eigenvalue weighted by atomic mass is 9.96. The maximum absolute atomic E-state index is 11.5. The molecule has 0 amide bonds. The summed E-state index contributed by atoms with van der Waals surface area (Å²) in [7, 11) is 0. The number of allylic oxidation sites excluding steroid dienone is 1. The molecule has 0 unspecified atom stereocenters. The van der Waals surface area contributed by atoms with Gasteiger partial charge in [0.2, 0.25) is 0 Å². The van der Waals surface area contributed by atoms with E-state index < -0.39 is 0 Å². The third kappa shape index (κ3) is 2.09. The lowest BCUT2D eigenvalue weighted by Crippen LogP contribution is -2.00. The minimum absolute atomic E-state index is 0.0519. The number of aromatic hydroxyl groups is 1. The van der Waals surface area contributed by atoms with Gasteiger partial charge in [0.1, 0.15) is 5.75 Å². The molecule has 0 aliphatic rings. The summed E-state index contributed by atoms with van der Waals surface area (Å²) < 4.78 is 0. The van der Waals surface area contributed by atoms with Crippen LogP contribution < -0.4 is 0 Å². The van der Waals surface area contributed by atoms with Crippen molar-refractivity contribution in [1.29, 1.82) is 0 Å². The Morgan fingerprint density at radius 2 is 1.93 bits per heavy atom. The first-order valence-corrected chi connectivity index (χ1v) is 5.00. The summed E-state index contributed by atoms with van der Waals surface area (Å²) in [6.07, 6.45) is 0.451. The highest BCUT2D eigenvalue weighted by molar-refractivity contribution is 5.98. The summed E-state index contributed by atoms with van der Waals surface area (Å²) in [4.78, 5) is 11.5. The number of carbonyl (C=O) groups is 1. The van der Waals surface area contributed by atoms with Gasteiger partial charge >= 0.3 is 0 Å². The SMILES string of the molecule is C=C(C)c1ccc(C(=O)CC)c(C)c1O. The molecule has 0 heterocycles. The molecule has 0 radical (unpaired) electrons. The molecule has 0 spiro atoms. The number of benzene rings is 1. The van der Waals surface area contributed by atoms with E-state index in [0.717, 1.165) is 5.57 Å². The first-order chi connectivity index (χ1) is 6.99. The molecular formula is C13H16O2. The average Bonchev–Trinajstić information content (AvgIpc) is 2.20. The van der Waals surface area contributed by atoms with Gasteiger partial charge in [0.05, 0.1) is 0 Å². The van der Waals surface area contributed by atoms with Gasteiger partial charge in [-0.2, -0.15) is 0 Å². The number of hydrogen-bond acceptors (Lipinski definition) is 2. The Morgan fingerprint density at radius 1 is 1.40 bits per heavy atom. The van der Waals surface area contributed by atoms with E-state index >= 15 is 0 Å². The molecule has 0 saturated heterocycles. The molecule has 0 aliphatic heterocycles. The standard InChI is InChI=1S/C13H16O2/c1-5-12(14)11-7-6-10(8(2)3)13(15)9(11)4/h6-7,15H,2,5H2,1,3-4H3. The second-order valence-electron chi connectivity index (χ2n) is 3.69. The molecule has 1 aromatic carbocycles. The van der Waals surface area contributed by atoms with Crippen molar-refractivity contribution in [3.05, 3.63) is 35.4 Å². The molecule has 0 aromatic heterocycles. The van der Waals surface area contributed by atoms with Crippen molar-refractivity contribution < 1.29 is 9.90 Å². The molecule has 0 saturated carbocycles. The molecule has 1 N–H and O–H groups in total. The quantitative estimate of drug-likeness (QED) is 0.767. The molecule has 80 valence electrons. The predicted octanol–water partition coefficient (Wildman–Crippen LogP) is 3.33. The van der Waals surface area contributed by atoms with E-state index in [1.165, 1.54) is 0 Å². The number of phenolic OH excluding ortho intramolecular Hbond substituents is 1. The van der Waals surface area contributed by atoms with Crippen LogP contribution in [0, 0.1) is 6.92 Å². The zero-order chi connectivity index (χ0) is 11.6. The van der Waals surface area contributed by atoms with Crippen LogP contribution in [0.3, 0.4) is 0 Å². The number of carbonyl (C=O) groups excluding carboxylic acids is 1. The summed E-state index contributed by atoms with van der Waals surface area (Å²) in [5.41, 5.74) is 2.74. The van der Waals surface area contributed by atoms with E-state index in [4.69, 9.17) is 0 Å². The molecule has 0 fully saturated rings. The fraction of sp³-hybridized carbons (Fsp3) is 0.308. The first-order valence-electron chi connectivity index (χ1n) is 5.00. The smallest absolute Gasteiger partial charge is 0.163 e. The van der Waals surface area contributed by atoms with E-state index in [-0.39, 0.29) is 11.5 Å². The Morgan fingerprint density at radius 3 is 2.40 bits per heavy atom. The zero-order valence-electron chi connectivity index (χ0n) is 9.42. The Labute approximate surface area is 90.3 Å². The monoisotopic (exact) mass is 204 g/mol. The number of Topliss-reactive ketones (excluding diaryl/α,β-unsaturated/α-hetero) is 1. The van der Waals surface area contributed by atoms with Gasteiger partial charge in [0.15, 0.2) is 5.78 Å². The van der Waals surface area contributed by atoms with Crippen molar-refractivity contribution in [3.8, 4) is 5.75 Å². The van der Waals surface area contributed by atoms with Crippen LogP contribution in [0.1, 0.15) is 41.8 Å². The second kappa shape index (κ2) is 4.30. The fourth-order valence-electron chi connectivity index (χ4n) is 1.54. The largest absolute Gasteiger partial charge is 0.507 e. The van der Waals surface area contributed by atoms with Gasteiger partial charge in [-0.3, -0.25) is 4.79 Å². The van der Waals surface area contributed by atoms with Crippen LogP contribution in [0.2, 0.25) is 0 Å². The van der Waals surface area contributed by atoms with E-state index in [1.54, 1.807) is 19.1 Å².